The average Bonchev–Trinajstić information content (AvgIpc) is 2.45. The quantitative estimate of drug-likeness (QED) is 0.682. The number of nitrogens with one attached hydrogen (secondary N) is 1. The third-order valence-electron chi connectivity index (χ3n) is 3.50. The number of anilines is 2. The summed E-state index contributed by atoms with van der Waals surface area (Å²) in [5, 5.41) is 3.22. The molecule has 0 aromatic heterocycles. The van der Waals surface area contributed by atoms with Crippen molar-refractivity contribution in [2.45, 2.75) is 13.0 Å². The minimum absolute atomic E-state index is 0.103. The Kier molecular flexibility index (Phi) is 4.81. The highest BCUT2D eigenvalue weighted by molar-refractivity contribution is 5.99. The fourth-order valence-electron chi connectivity index (χ4n) is 2.34. The first-order valence-corrected chi connectivity index (χ1v) is 6.87. The highest BCUT2D eigenvalue weighted by Crippen LogP contribution is 2.19. The fourth-order valence-corrected chi connectivity index (χ4v) is 2.34. The van der Waals surface area contributed by atoms with E-state index < -0.39 is 5.91 Å². The van der Waals surface area contributed by atoms with E-state index in [1.54, 1.807) is 18.2 Å². The fraction of sp³-hybridized carbons (Fsp3) is 0.500. The minimum atomic E-state index is -0.466. The molecule has 0 saturated carbocycles. The Labute approximate surface area is 119 Å². The molecule has 0 aliphatic carbocycles. The van der Waals surface area contributed by atoms with Crippen molar-refractivity contribution >= 4 is 17.3 Å². The molecule has 1 aliphatic heterocycles. The second kappa shape index (κ2) is 6.58. The zero-order valence-electron chi connectivity index (χ0n) is 11.8. The number of likely N-dealkylation sites (N-methyl/N-ethyl adjacent to an activating group) is 1. The van der Waals surface area contributed by atoms with Gasteiger partial charge in [0.25, 0.3) is 5.91 Å². The molecule has 6 nitrogen and oxygen atoms in total. The van der Waals surface area contributed by atoms with Crippen molar-refractivity contribution in [3.8, 4) is 0 Å². The molecule has 1 aromatic rings. The maximum Gasteiger partial charge on any atom is 0.250 e. The molecule has 1 heterocycles. The van der Waals surface area contributed by atoms with E-state index >= 15 is 0 Å². The van der Waals surface area contributed by atoms with Gasteiger partial charge in [0, 0.05) is 31.0 Å². The van der Waals surface area contributed by atoms with Crippen molar-refractivity contribution in [2.75, 3.05) is 43.8 Å². The van der Waals surface area contributed by atoms with Gasteiger partial charge in [0.2, 0.25) is 0 Å². The zero-order valence-corrected chi connectivity index (χ0v) is 11.8. The standard InChI is InChI=1S/C14H22N4O2/c1-2-18-5-6-20-11(9-18)8-17-13-7-10(15)3-4-12(13)14(16)19/h3-4,7,11,17H,2,5-6,8-9,15H2,1H3,(H2,16,19). The molecular weight excluding hydrogens is 256 g/mol. The largest absolute Gasteiger partial charge is 0.399 e. The Hall–Kier alpha value is -1.79. The number of benzene rings is 1. The van der Waals surface area contributed by atoms with Crippen LogP contribution in [0.4, 0.5) is 11.4 Å². The van der Waals surface area contributed by atoms with Crippen LogP contribution in [0.5, 0.6) is 0 Å². The summed E-state index contributed by atoms with van der Waals surface area (Å²) >= 11 is 0. The van der Waals surface area contributed by atoms with Crippen LogP contribution < -0.4 is 16.8 Å². The van der Waals surface area contributed by atoms with Gasteiger partial charge < -0.3 is 21.5 Å². The molecule has 0 radical (unpaired) electrons. The van der Waals surface area contributed by atoms with E-state index in [1.165, 1.54) is 0 Å². The van der Waals surface area contributed by atoms with Gasteiger partial charge in [-0.2, -0.15) is 0 Å². The van der Waals surface area contributed by atoms with Crippen molar-refractivity contribution in [3.63, 3.8) is 0 Å². The Balaban J connectivity index is 1.99. The molecule has 2 rings (SSSR count). The number of hydrogen-bond donors (Lipinski definition) is 3. The Morgan fingerprint density at radius 1 is 1.55 bits per heavy atom. The van der Waals surface area contributed by atoms with Crippen molar-refractivity contribution in [1.29, 1.82) is 0 Å². The van der Waals surface area contributed by atoms with Crippen LogP contribution in [0.15, 0.2) is 18.2 Å². The molecule has 1 saturated heterocycles. The predicted molar refractivity (Wildman–Crippen MR) is 79.7 cm³/mol. The second-order valence-corrected chi connectivity index (χ2v) is 4.94. The maximum absolute atomic E-state index is 11.4. The minimum Gasteiger partial charge on any atom is -0.399 e. The topological polar surface area (TPSA) is 93.6 Å². The molecule has 0 bridgehead atoms. The lowest BCUT2D eigenvalue weighted by Crippen LogP contribution is -2.45. The van der Waals surface area contributed by atoms with Crippen molar-refractivity contribution in [2.24, 2.45) is 5.73 Å². The molecule has 1 atom stereocenters. The number of hydrogen-bond acceptors (Lipinski definition) is 5. The van der Waals surface area contributed by atoms with Gasteiger partial charge in [0.05, 0.1) is 18.3 Å². The number of carbonyl (C=O) groups is 1. The summed E-state index contributed by atoms with van der Waals surface area (Å²) in [5.41, 5.74) is 12.8. The number of nitrogens with zero attached hydrogens (tertiary/aromatic N) is 1. The number of rotatable bonds is 5. The van der Waals surface area contributed by atoms with Gasteiger partial charge in [-0.05, 0) is 24.7 Å². The molecule has 110 valence electrons. The van der Waals surface area contributed by atoms with Gasteiger partial charge in [-0.25, -0.2) is 0 Å². The molecule has 5 N–H and O–H groups in total. The lowest BCUT2D eigenvalue weighted by atomic mass is 10.1. The van der Waals surface area contributed by atoms with Crippen LogP contribution in [0.1, 0.15) is 17.3 Å². The van der Waals surface area contributed by atoms with Crippen LogP contribution >= 0.6 is 0 Å². The highest BCUT2D eigenvalue weighted by atomic mass is 16.5. The molecule has 1 amide bonds. The van der Waals surface area contributed by atoms with E-state index in [1.807, 2.05) is 0 Å². The number of ether oxygens (including phenoxy) is 1. The molecule has 1 unspecified atom stereocenters. The lowest BCUT2D eigenvalue weighted by molar-refractivity contribution is -0.0191. The summed E-state index contributed by atoms with van der Waals surface area (Å²) in [7, 11) is 0. The molecule has 20 heavy (non-hydrogen) atoms. The summed E-state index contributed by atoms with van der Waals surface area (Å²) in [6.45, 7) is 6.37. The Morgan fingerprint density at radius 3 is 3.05 bits per heavy atom. The summed E-state index contributed by atoms with van der Waals surface area (Å²) in [6, 6.07) is 5.03. The monoisotopic (exact) mass is 278 g/mol. The van der Waals surface area contributed by atoms with E-state index in [0.29, 0.717) is 23.5 Å². The van der Waals surface area contributed by atoms with Crippen molar-refractivity contribution < 1.29 is 9.53 Å². The summed E-state index contributed by atoms with van der Waals surface area (Å²) in [5.74, 6) is -0.466. The third kappa shape index (κ3) is 3.61. The summed E-state index contributed by atoms with van der Waals surface area (Å²) in [6.07, 6.45) is 0.103. The second-order valence-electron chi connectivity index (χ2n) is 4.94. The third-order valence-corrected chi connectivity index (χ3v) is 3.50. The highest BCUT2D eigenvalue weighted by Gasteiger charge is 2.19. The average molecular weight is 278 g/mol. The van der Waals surface area contributed by atoms with Crippen LogP contribution in [0.2, 0.25) is 0 Å². The number of nitrogens with two attached hydrogens (primary N) is 2. The molecule has 6 heteroatoms. The normalized spacial score (nSPS) is 19.8. The maximum atomic E-state index is 11.4. The lowest BCUT2D eigenvalue weighted by Gasteiger charge is -2.32. The zero-order chi connectivity index (χ0) is 14.5. The van der Waals surface area contributed by atoms with Gasteiger partial charge in [0.15, 0.2) is 0 Å². The van der Waals surface area contributed by atoms with Crippen molar-refractivity contribution in [1.82, 2.24) is 4.90 Å². The summed E-state index contributed by atoms with van der Waals surface area (Å²) < 4.78 is 5.71. The predicted octanol–water partition coefficient (Wildman–Crippen LogP) is 0.500. The summed E-state index contributed by atoms with van der Waals surface area (Å²) in [4.78, 5) is 13.7. The van der Waals surface area contributed by atoms with Crippen LogP contribution in [-0.2, 0) is 4.74 Å². The molecule has 0 spiro atoms. The van der Waals surface area contributed by atoms with Crippen LogP contribution in [0, 0.1) is 0 Å². The van der Waals surface area contributed by atoms with Gasteiger partial charge >= 0.3 is 0 Å². The van der Waals surface area contributed by atoms with Crippen molar-refractivity contribution in [3.05, 3.63) is 23.8 Å². The number of primary amides is 1. The first-order chi connectivity index (χ1) is 9.60. The van der Waals surface area contributed by atoms with Crippen LogP contribution in [0.3, 0.4) is 0 Å². The number of amides is 1. The molecule has 1 fully saturated rings. The molecule has 1 aliphatic rings. The smallest absolute Gasteiger partial charge is 0.250 e. The van der Waals surface area contributed by atoms with E-state index in [9.17, 15) is 4.79 Å². The van der Waals surface area contributed by atoms with E-state index in [4.69, 9.17) is 16.2 Å². The van der Waals surface area contributed by atoms with Gasteiger partial charge in [0.1, 0.15) is 0 Å². The Morgan fingerprint density at radius 2 is 2.35 bits per heavy atom. The first kappa shape index (κ1) is 14.6. The SMILES string of the molecule is CCN1CCOC(CNc2cc(N)ccc2C(N)=O)C1. The van der Waals surface area contributed by atoms with Gasteiger partial charge in [-0.3, -0.25) is 9.69 Å². The van der Waals surface area contributed by atoms with Gasteiger partial charge in [-0.1, -0.05) is 6.92 Å². The number of nitrogen functional groups attached to an aromatic ring is 1. The Bertz CT molecular complexity index is 478. The van der Waals surface area contributed by atoms with E-state index in [2.05, 4.69) is 17.1 Å². The number of carbonyl (C=O) groups excluding carboxylic acids is 1. The first-order valence-electron chi connectivity index (χ1n) is 6.87. The van der Waals surface area contributed by atoms with E-state index in [-0.39, 0.29) is 6.10 Å². The van der Waals surface area contributed by atoms with Crippen LogP contribution in [0.25, 0.3) is 0 Å². The van der Waals surface area contributed by atoms with E-state index in [0.717, 1.165) is 26.2 Å². The number of morpholine rings is 1. The molecular formula is C14H22N4O2. The van der Waals surface area contributed by atoms with Gasteiger partial charge in [-0.15, -0.1) is 0 Å². The molecule has 1 aromatic carbocycles. The van der Waals surface area contributed by atoms with Crippen LogP contribution in [-0.4, -0.2) is 49.7 Å².